The van der Waals surface area contributed by atoms with E-state index in [0.717, 1.165) is 36.6 Å². The summed E-state index contributed by atoms with van der Waals surface area (Å²) >= 11 is 8.03. The fraction of sp³-hybridized carbons (Fsp3) is 0.692. The maximum Gasteiger partial charge on any atom is 0.0670 e. The van der Waals surface area contributed by atoms with Crippen molar-refractivity contribution in [3.8, 4) is 0 Å². The smallest absolute Gasteiger partial charge is 0.0670 e. The summed E-state index contributed by atoms with van der Waals surface area (Å²) in [6, 6.07) is 0.229. The second kappa shape index (κ2) is 8.09. The Kier molecular flexibility index (Phi) is 7.12. The molecule has 1 rings (SSSR count). The molecule has 0 amide bonds. The van der Waals surface area contributed by atoms with Crippen LogP contribution < -0.4 is 5.32 Å². The van der Waals surface area contributed by atoms with Crippen molar-refractivity contribution >= 4 is 22.9 Å². The molecular weight excluding hydrogens is 254 g/mol. The van der Waals surface area contributed by atoms with Crippen molar-refractivity contribution in [1.82, 2.24) is 5.32 Å². The third-order valence-electron chi connectivity index (χ3n) is 2.52. The second-order valence-electron chi connectivity index (χ2n) is 4.18. The Labute approximate surface area is 113 Å². The van der Waals surface area contributed by atoms with E-state index in [0.29, 0.717) is 6.61 Å². The molecule has 4 heteroatoms. The molecule has 1 unspecified atom stereocenters. The fourth-order valence-corrected chi connectivity index (χ4v) is 2.96. The van der Waals surface area contributed by atoms with Crippen molar-refractivity contribution in [3.63, 3.8) is 0 Å². The summed E-state index contributed by atoms with van der Waals surface area (Å²) < 4.78 is 5.65. The minimum absolute atomic E-state index is 0.229. The third kappa shape index (κ3) is 4.59. The molecule has 1 aromatic heterocycles. The third-order valence-corrected chi connectivity index (χ3v) is 4.34. The molecule has 0 saturated heterocycles. The zero-order chi connectivity index (χ0) is 12.7. The van der Waals surface area contributed by atoms with Crippen molar-refractivity contribution in [2.24, 2.45) is 0 Å². The van der Waals surface area contributed by atoms with Crippen molar-refractivity contribution in [2.75, 3.05) is 19.8 Å². The van der Waals surface area contributed by atoms with Gasteiger partial charge in [0.25, 0.3) is 0 Å². The fourth-order valence-electron chi connectivity index (χ4n) is 1.58. The number of rotatable bonds is 8. The van der Waals surface area contributed by atoms with Gasteiger partial charge in [-0.05, 0) is 37.3 Å². The first-order valence-corrected chi connectivity index (χ1v) is 7.51. The van der Waals surface area contributed by atoms with Gasteiger partial charge in [-0.3, -0.25) is 0 Å². The lowest BCUT2D eigenvalue weighted by molar-refractivity contribution is 0.113. The molecule has 0 bridgehead atoms. The van der Waals surface area contributed by atoms with Crippen molar-refractivity contribution in [3.05, 3.63) is 20.8 Å². The van der Waals surface area contributed by atoms with Crippen LogP contribution in [0.4, 0.5) is 0 Å². The highest BCUT2D eigenvalue weighted by atomic mass is 35.5. The summed E-state index contributed by atoms with van der Waals surface area (Å²) in [7, 11) is 0. The van der Waals surface area contributed by atoms with E-state index in [9.17, 15) is 0 Å². The van der Waals surface area contributed by atoms with Crippen LogP contribution in [-0.2, 0) is 4.74 Å². The van der Waals surface area contributed by atoms with Crippen LogP contribution >= 0.6 is 22.9 Å². The van der Waals surface area contributed by atoms with Crippen molar-refractivity contribution in [1.29, 1.82) is 0 Å². The van der Waals surface area contributed by atoms with Crippen molar-refractivity contribution in [2.45, 2.75) is 39.7 Å². The first kappa shape index (κ1) is 15.0. The van der Waals surface area contributed by atoms with Crippen LogP contribution in [0, 0.1) is 6.92 Å². The molecule has 0 aliphatic heterocycles. The molecule has 1 atom stereocenters. The number of hydrogen-bond acceptors (Lipinski definition) is 3. The molecular formula is C13H22ClNOS. The van der Waals surface area contributed by atoms with Gasteiger partial charge >= 0.3 is 0 Å². The molecule has 98 valence electrons. The minimum Gasteiger partial charge on any atom is -0.379 e. The van der Waals surface area contributed by atoms with Crippen LogP contribution in [0.5, 0.6) is 0 Å². The van der Waals surface area contributed by atoms with E-state index in [1.807, 2.05) is 6.92 Å². The Morgan fingerprint density at radius 1 is 1.41 bits per heavy atom. The summed E-state index contributed by atoms with van der Waals surface area (Å²) in [6.07, 6.45) is 2.17. The zero-order valence-corrected chi connectivity index (χ0v) is 12.5. The Balaban J connectivity index is 2.64. The Morgan fingerprint density at radius 3 is 2.71 bits per heavy atom. The van der Waals surface area contributed by atoms with Gasteiger partial charge in [-0.15, -0.1) is 11.3 Å². The lowest BCUT2D eigenvalue weighted by atomic mass is 10.2. The van der Waals surface area contributed by atoms with E-state index >= 15 is 0 Å². The Bertz CT molecular complexity index is 327. The van der Waals surface area contributed by atoms with Crippen LogP contribution in [0.1, 0.15) is 43.2 Å². The SMILES string of the molecule is CCCNC(COCCC)c1scc(C)c1Cl. The molecule has 0 radical (unpaired) electrons. The van der Waals surface area contributed by atoms with E-state index in [4.69, 9.17) is 16.3 Å². The van der Waals surface area contributed by atoms with Crippen LogP contribution in [-0.4, -0.2) is 19.8 Å². The summed E-state index contributed by atoms with van der Waals surface area (Å²) in [4.78, 5) is 1.20. The molecule has 17 heavy (non-hydrogen) atoms. The first-order chi connectivity index (χ1) is 8.20. The van der Waals surface area contributed by atoms with Gasteiger partial charge in [0.05, 0.1) is 17.7 Å². The first-order valence-electron chi connectivity index (χ1n) is 6.25. The standard InChI is InChI=1S/C13H22ClNOS/c1-4-6-15-11(8-16-7-5-2)13-12(14)10(3)9-17-13/h9,11,15H,4-8H2,1-3H3. The second-order valence-corrected chi connectivity index (χ2v) is 5.47. The van der Waals surface area contributed by atoms with Crippen LogP contribution in [0.25, 0.3) is 0 Å². The molecule has 0 aromatic carbocycles. The number of nitrogens with one attached hydrogen (secondary N) is 1. The van der Waals surface area contributed by atoms with Gasteiger partial charge in [-0.25, -0.2) is 0 Å². The van der Waals surface area contributed by atoms with Crippen LogP contribution in [0.15, 0.2) is 5.38 Å². The maximum atomic E-state index is 6.31. The van der Waals surface area contributed by atoms with E-state index in [2.05, 4.69) is 24.5 Å². The highest BCUT2D eigenvalue weighted by Gasteiger charge is 2.17. The van der Waals surface area contributed by atoms with E-state index in [-0.39, 0.29) is 6.04 Å². The van der Waals surface area contributed by atoms with Gasteiger partial charge in [-0.1, -0.05) is 25.4 Å². The molecule has 0 fully saturated rings. The average Bonchev–Trinajstić information content (AvgIpc) is 2.65. The van der Waals surface area contributed by atoms with E-state index in [1.54, 1.807) is 11.3 Å². The van der Waals surface area contributed by atoms with Gasteiger partial charge in [0.2, 0.25) is 0 Å². The molecule has 0 aliphatic rings. The number of ether oxygens (including phenoxy) is 1. The lowest BCUT2D eigenvalue weighted by Crippen LogP contribution is -2.26. The summed E-state index contributed by atoms with van der Waals surface area (Å²) in [5, 5.41) is 6.50. The van der Waals surface area contributed by atoms with E-state index < -0.39 is 0 Å². The Hall–Kier alpha value is -0.0900. The van der Waals surface area contributed by atoms with Gasteiger partial charge in [0, 0.05) is 11.5 Å². The molecule has 1 N–H and O–H groups in total. The normalized spacial score (nSPS) is 12.9. The molecule has 0 saturated carbocycles. The number of halogens is 1. The quantitative estimate of drug-likeness (QED) is 0.719. The zero-order valence-electron chi connectivity index (χ0n) is 10.9. The van der Waals surface area contributed by atoms with Gasteiger partial charge in [0.15, 0.2) is 0 Å². The monoisotopic (exact) mass is 275 g/mol. The predicted octanol–water partition coefficient (Wildman–Crippen LogP) is 4.18. The van der Waals surface area contributed by atoms with Gasteiger partial charge < -0.3 is 10.1 Å². The molecule has 0 spiro atoms. The Morgan fingerprint density at radius 2 is 2.18 bits per heavy atom. The highest BCUT2D eigenvalue weighted by molar-refractivity contribution is 7.10. The molecule has 1 aromatic rings. The molecule has 2 nitrogen and oxygen atoms in total. The number of aryl methyl sites for hydroxylation is 1. The highest BCUT2D eigenvalue weighted by Crippen LogP contribution is 2.32. The maximum absolute atomic E-state index is 6.31. The van der Waals surface area contributed by atoms with E-state index in [1.165, 1.54) is 4.88 Å². The largest absolute Gasteiger partial charge is 0.379 e. The number of hydrogen-bond donors (Lipinski definition) is 1. The number of thiophene rings is 1. The topological polar surface area (TPSA) is 21.3 Å². The summed E-state index contributed by atoms with van der Waals surface area (Å²) in [5.74, 6) is 0. The van der Waals surface area contributed by atoms with Crippen molar-refractivity contribution < 1.29 is 4.74 Å². The predicted molar refractivity (Wildman–Crippen MR) is 76.2 cm³/mol. The van der Waals surface area contributed by atoms with Gasteiger partial charge in [0.1, 0.15) is 0 Å². The van der Waals surface area contributed by atoms with Gasteiger partial charge in [-0.2, -0.15) is 0 Å². The summed E-state index contributed by atoms with van der Waals surface area (Å²) in [6.45, 7) is 8.84. The average molecular weight is 276 g/mol. The molecule has 0 aliphatic carbocycles. The van der Waals surface area contributed by atoms with Crippen LogP contribution in [0.2, 0.25) is 5.02 Å². The van der Waals surface area contributed by atoms with Crippen LogP contribution in [0.3, 0.4) is 0 Å². The minimum atomic E-state index is 0.229. The summed E-state index contributed by atoms with van der Waals surface area (Å²) in [5.41, 5.74) is 1.16. The lowest BCUT2D eigenvalue weighted by Gasteiger charge is -2.18. The molecule has 1 heterocycles.